The first kappa shape index (κ1) is 15.4. The number of hydrogen-bond acceptors (Lipinski definition) is 6. The van der Waals surface area contributed by atoms with Crippen LogP contribution in [0.2, 0.25) is 0 Å². The standard InChI is InChI=1S/C15H20N6O2/c1-11-5-13(19-10-17-11)21-4-3-15(23,8-21)7-20(2)14(22)12-6-16-9-18-12/h5-6,9-10,23H,3-4,7-8H2,1-2H3,(H,16,18)/t15-/m1/s1. The molecule has 0 radical (unpaired) electrons. The van der Waals surface area contributed by atoms with E-state index in [1.807, 2.05) is 17.9 Å². The maximum absolute atomic E-state index is 12.2. The number of H-pyrrole nitrogens is 1. The van der Waals surface area contributed by atoms with Gasteiger partial charge in [-0.15, -0.1) is 0 Å². The second-order valence-corrected chi connectivity index (χ2v) is 6.04. The van der Waals surface area contributed by atoms with Crippen molar-refractivity contribution in [2.24, 2.45) is 0 Å². The Hall–Kier alpha value is -2.48. The number of aliphatic hydroxyl groups is 1. The van der Waals surface area contributed by atoms with Crippen molar-refractivity contribution in [1.29, 1.82) is 0 Å². The largest absolute Gasteiger partial charge is 0.386 e. The van der Waals surface area contributed by atoms with Crippen LogP contribution in [0.15, 0.2) is 24.9 Å². The molecule has 8 heteroatoms. The zero-order valence-electron chi connectivity index (χ0n) is 13.2. The minimum Gasteiger partial charge on any atom is -0.386 e. The van der Waals surface area contributed by atoms with Gasteiger partial charge in [0.2, 0.25) is 0 Å². The molecule has 0 spiro atoms. The van der Waals surface area contributed by atoms with Gasteiger partial charge in [0.15, 0.2) is 0 Å². The van der Waals surface area contributed by atoms with Gasteiger partial charge in [0.1, 0.15) is 23.4 Å². The number of carbonyl (C=O) groups excluding carboxylic acids is 1. The lowest BCUT2D eigenvalue weighted by molar-refractivity contribution is 0.0262. The highest BCUT2D eigenvalue weighted by atomic mass is 16.3. The van der Waals surface area contributed by atoms with Crippen molar-refractivity contribution < 1.29 is 9.90 Å². The normalized spacial score (nSPS) is 20.7. The van der Waals surface area contributed by atoms with Crippen LogP contribution in [-0.2, 0) is 0 Å². The molecule has 1 aliphatic heterocycles. The maximum Gasteiger partial charge on any atom is 0.271 e. The molecule has 23 heavy (non-hydrogen) atoms. The second-order valence-electron chi connectivity index (χ2n) is 6.04. The number of β-amino-alcohol motifs (C(OH)–C–C–N with tert-alkyl or cyclic N) is 1. The van der Waals surface area contributed by atoms with Crippen LogP contribution in [0.3, 0.4) is 0 Å². The molecule has 1 saturated heterocycles. The Balaban J connectivity index is 1.65. The fraction of sp³-hybridized carbons (Fsp3) is 0.467. The van der Waals surface area contributed by atoms with Gasteiger partial charge in [-0.2, -0.15) is 0 Å². The zero-order valence-corrected chi connectivity index (χ0v) is 13.2. The Bertz CT molecular complexity index is 689. The van der Waals surface area contributed by atoms with E-state index >= 15 is 0 Å². The number of rotatable bonds is 4. The zero-order chi connectivity index (χ0) is 16.4. The minimum atomic E-state index is -0.955. The fourth-order valence-corrected chi connectivity index (χ4v) is 2.89. The number of carbonyl (C=O) groups is 1. The van der Waals surface area contributed by atoms with E-state index < -0.39 is 5.60 Å². The predicted octanol–water partition coefficient (Wildman–Crippen LogP) is 0.222. The van der Waals surface area contributed by atoms with Crippen LogP contribution in [0, 0.1) is 6.92 Å². The highest BCUT2D eigenvalue weighted by molar-refractivity contribution is 5.91. The third-order valence-corrected chi connectivity index (χ3v) is 4.05. The van der Waals surface area contributed by atoms with Crippen LogP contribution in [0.4, 0.5) is 5.82 Å². The van der Waals surface area contributed by atoms with Crippen molar-refractivity contribution in [2.45, 2.75) is 18.9 Å². The van der Waals surface area contributed by atoms with Gasteiger partial charge in [0.05, 0.1) is 19.1 Å². The molecule has 8 nitrogen and oxygen atoms in total. The van der Waals surface area contributed by atoms with E-state index in [9.17, 15) is 9.90 Å². The van der Waals surface area contributed by atoms with Crippen LogP contribution >= 0.6 is 0 Å². The number of amides is 1. The number of anilines is 1. The minimum absolute atomic E-state index is 0.188. The molecule has 2 aromatic heterocycles. The molecule has 3 rings (SSSR count). The number of nitrogens with one attached hydrogen (secondary N) is 1. The van der Waals surface area contributed by atoms with Gasteiger partial charge in [-0.3, -0.25) is 4.79 Å². The number of aromatic nitrogens is 4. The lowest BCUT2D eigenvalue weighted by atomic mass is 10.0. The molecule has 1 aliphatic rings. The molecular weight excluding hydrogens is 296 g/mol. The molecule has 0 saturated carbocycles. The van der Waals surface area contributed by atoms with Crippen LogP contribution in [0.25, 0.3) is 0 Å². The van der Waals surface area contributed by atoms with Gasteiger partial charge in [-0.1, -0.05) is 0 Å². The summed E-state index contributed by atoms with van der Waals surface area (Å²) in [5.74, 6) is 0.614. The van der Waals surface area contributed by atoms with Gasteiger partial charge in [-0.25, -0.2) is 15.0 Å². The average Bonchev–Trinajstić information content (AvgIpc) is 3.16. The summed E-state index contributed by atoms with van der Waals surface area (Å²) in [7, 11) is 1.68. The van der Waals surface area contributed by atoms with Gasteiger partial charge in [-0.05, 0) is 13.3 Å². The highest BCUT2D eigenvalue weighted by Crippen LogP contribution is 2.26. The SMILES string of the molecule is Cc1cc(N2CC[C@@](O)(CN(C)C(=O)c3cnc[nH]3)C2)ncn1. The molecule has 0 bridgehead atoms. The van der Waals surface area contributed by atoms with Crippen molar-refractivity contribution in [3.63, 3.8) is 0 Å². The van der Waals surface area contributed by atoms with E-state index in [-0.39, 0.29) is 12.5 Å². The molecule has 1 fully saturated rings. The lowest BCUT2D eigenvalue weighted by Gasteiger charge is -2.29. The molecule has 0 unspecified atom stereocenters. The maximum atomic E-state index is 12.2. The molecule has 1 amide bonds. The Kier molecular flexibility index (Phi) is 3.99. The van der Waals surface area contributed by atoms with Crippen molar-refractivity contribution in [3.05, 3.63) is 36.3 Å². The van der Waals surface area contributed by atoms with Gasteiger partial charge in [0, 0.05) is 31.9 Å². The van der Waals surface area contributed by atoms with Gasteiger partial charge >= 0.3 is 0 Å². The summed E-state index contributed by atoms with van der Waals surface area (Å²) in [6, 6.07) is 1.89. The summed E-state index contributed by atoms with van der Waals surface area (Å²) in [6.45, 7) is 3.29. The van der Waals surface area contributed by atoms with E-state index in [0.29, 0.717) is 25.2 Å². The Morgan fingerprint density at radius 2 is 2.35 bits per heavy atom. The topological polar surface area (TPSA) is 98.2 Å². The molecule has 3 heterocycles. The van der Waals surface area contributed by atoms with Crippen molar-refractivity contribution >= 4 is 11.7 Å². The first-order chi connectivity index (χ1) is 11.0. The third kappa shape index (κ3) is 3.31. The Labute approximate surface area is 134 Å². The summed E-state index contributed by atoms with van der Waals surface area (Å²) >= 11 is 0. The first-order valence-corrected chi connectivity index (χ1v) is 7.47. The van der Waals surface area contributed by atoms with E-state index in [1.54, 1.807) is 7.05 Å². The third-order valence-electron chi connectivity index (χ3n) is 4.05. The molecule has 2 aromatic rings. The molecule has 0 aromatic carbocycles. The Morgan fingerprint density at radius 3 is 3.04 bits per heavy atom. The molecular formula is C15H20N6O2. The number of nitrogens with zero attached hydrogens (tertiary/aromatic N) is 5. The number of hydrogen-bond donors (Lipinski definition) is 2. The van der Waals surface area contributed by atoms with Crippen LogP contribution in [0.5, 0.6) is 0 Å². The Morgan fingerprint density at radius 1 is 1.52 bits per heavy atom. The number of aryl methyl sites for hydroxylation is 1. The highest BCUT2D eigenvalue weighted by Gasteiger charge is 2.38. The van der Waals surface area contributed by atoms with E-state index in [2.05, 4.69) is 19.9 Å². The van der Waals surface area contributed by atoms with E-state index in [4.69, 9.17) is 0 Å². The van der Waals surface area contributed by atoms with Gasteiger partial charge in [0.25, 0.3) is 5.91 Å². The molecule has 1 atom stereocenters. The van der Waals surface area contributed by atoms with E-state index in [0.717, 1.165) is 11.5 Å². The predicted molar refractivity (Wildman–Crippen MR) is 84.1 cm³/mol. The number of aromatic amines is 1. The smallest absolute Gasteiger partial charge is 0.271 e. The fourth-order valence-electron chi connectivity index (χ4n) is 2.89. The van der Waals surface area contributed by atoms with Crippen molar-refractivity contribution in [2.75, 3.05) is 31.6 Å². The number of imidazole rings is 1. The molecule has 0 aliphatic carbocycles. The molecule has 122 valence electrons. The van der Waals surface area contributed by atoms with Crippen molar-refractivity contribution in [3.8, 4) is 0 Å². The summed E-state index contributed by atoms with van der Waals surface area (Å²) in [5.41, 5.74) is 0.345. The van der Waals surface area contributed by atoms with Gasteiger partial charge < -0.3 is 19.9 Å². The lowest BCUT2D eigenvalue weighted by Crippen LogP contribution is -2.46. The van der Waals surface area contributed by atoms with Crippen molar-refractivity contribution in [1.82, 2.24) is 24.8 Å². The molecule has 2 N–H and O–H groups in total. The second kappa shape index (κ2) is 5.96. The number of likely N-dealkylation sites (N-methyl/N-ethyl adjacent to an activating group) is 1. The quantitative estimate of drug-likeness (QED) is 0.837. The first-order valence-electron chi connectivity index (χ1n) is 7.47. The summed E-state index contributed by atoms with van der Waals surface area (Å²) in [5, 5.41) is 10.8. The van der Waals surface area contributed by atoms with Crippen LogP contribution in [-0.4, -0.2) is 68.1 Å². The summed E-state index contributed by atoms with van der Waals surface area (Å²) in [4.78, 5) is 30.7. The van der Waals surface area contributed by atoms with E-state index in [1.165, 1.54) is 23.8 Å². The van der Waals surface area contributed by atoms with Crippen LogP contribution in [0.1, 0.15) is 22.6 Å². The monoisotopic (exact) mass is 316 g/mol. The summed E-state index contributed by atoms with van der Waals surface area (Å²) in [6.07, 6.45) is 5.05. The average molecular weight is 316 g/mol. The van der Waals surface area contributed by atoms with Crippen LogP contribution < -0.4 is 4.90 Å². The summed E-state index contributed by atoms with van der Waals surface area (Å²) < 4.78 is 0.